The van der Waals surface area contributed by atoms with Crippen LogP contribution in [0.25, 0.3) is 6.08 Å². The summed E-state index contributed by atoms with van der Waals surface area (Å²) in [5.41, 5.74) is 1.13. The fraction of sp³-hybridized carbons (Fsp3) is 0.111. The molecule has 3 amide bonds. The van der Waals surface area contributed by atoms with Gasteiger partial charge in [0, 0.05) is 18.9 Å². The van der Waals surface area contributed by atoms with Crippen molar-refractivity contribution in [3.8, 4) is 0 Å². The molecular formula is C9H9N3O2. The van der Waals surface area contributed by atoms with Gasteiger partial charge in [0.1, 0.15) is 5.70 Å². The molecule has 0 atom stereocenters. The van der Waals surface area contributed by atoms with E-state index in [1.165, 1.54) is 0 Å². The van der Waals surface area contributed by atoms with Crippen molar-refractivity contribution in [2.75, 3.05) is 0 Å². The lowest BCUT2D eigenvalue weighted by Crippen LogP contribution is -2.22. The number of hydrogen-bond donors (Lipinski definition) is 2. The van der Waals surface area contributed by atoms with Crippen molar-refractivity contribution in [1.82, 2.24) is 15.2 Å². The third kappa shape index (κ3) is 1.39. The molecule has 1 saturated heterocycles. The van der Waals surface area contributed by atoms with Crippen LogP contribution in [0.1, 0.15) is 5.69 Å². The Morgan fingerprint density at radius 2 is 2.14 bits per heavy atom. The van der Waals surface area contributed by atoms with E-state index in [1.54, 1.807) is 6.08 Å². The number of nitrogens with zero attached hydrogens (tertiary/aromatic N) is 1. The van der Waals surface area contributed by atoms with E-state index < -0.39 is 11.9 Å². The average Bonchev–Trinajstić information content (AvgIpc) is 2.62. The molecule has 0 bridgehead atoms. The molecule has 14 heavy (non-hydrogen) atoms. The van der Waals surface area contributed by atoms with E-state index in [0.717, 1.165) is 5.69 Å². The van der Waals surface area contributed by atoms with E-state index >= 15 is 0 Å². The number of amides is 3. The molecular weight excluding hydrogens is 182 g/mol. The lowest BCUT2D eigenvalue weighted by atomic mass is 10.3. The molecule has 5 heteroatoms. The van der Waals surface area contributed by atoms with E-state index in [0.29, 0.717) is 0 Å². The number of carbonyl (C=O) groups excluding carboxylic acids is 2. The van der Waals surface area contributed by atoms with Gasteiger partial charge in [0.2, 0.25) is 0 Å². The third-order valence-corrected chi connectivity index (χ3v) is 2.00. The van der Waals surface area contributed by atoms with E-state index in [9.17, 15) is 9.59 Å². The highest BCUT2D eigenvalue weighted by Gasteiger charge is 2.22. The summed E-state index contributed by atoms with van der Waals surface area (Å²) >= 11 is 0. The number of urea groups is 1. The van der Waals surface area contributed by atoms with Gasteiger partial charge in [-0.2, -0.15) is 0 Å². The van der Waals surface area contributed by atoms with Crippen LogP contribution in [0, 0.1) is 0 Å². The van der Waals surface area contributed by atoms with Crippen molar-refractivity contribution in [2.24, 2.45) is 7.05 Å². The van der Waals surface area contributed by atoms with Crippen LogP contribution in [-0.4, -0.2) is 16.5 Å². The number of imide groups is 1. The second-order valence-corrected chi connectivity index (χ2v) is 3.01. The number of rotatable bonds is 1. The molecule has 1 aromatic heterocycles. The molecule has 1 aliphatic heterocycles. The van der Waals surface area contributed by atoms with Gasteiger partial charge < -0.3 is 9.88 Å². The molecule has 0 saturated carbocycles. The van der Waals surface area contributed by atoms with Crippen LogP contribution in [0.2, 0.25) is 0 Å². The smallest absolute Gasteiger partial charge is 0.326 e. The molecule has 2 heterocycles. The summed E-state index contributed by atoms with van der Waals surface area (Å²) in [6.07, 6.45) is 3.49. The Morgan fingerprint density at radius 3 is 2.64 bits per heavy atom. The zero-order valence-electron chi connectivity index (χ0n) is 7.57. The van der Waals surface area contributed by atoms with E-state index in [4.69, 9.17) is 0 Å². The number of hydrogen-bond acceptors (Lipinski definition) is 2. The molecule has 0 unspecified atom stereocenters. The van der Waals surface area contributed by atoms with Crippen LogP contribution < -0.4 is 10.6 Å². The molecule has 1 fully saturated rings. The molecule has 0 aromatic carbocycles. The maximum atomic E-state index is 11.2. The highest BCUT2D eigenvalue weighted by molar-refractivity contribution is 6.13. The predicted molar refractivity (Wildman–Crippen MR) is 50.1 cm³/mol. The highest BCUT2D eigenvalue weighted by Crippen LogP contribution is 2.07. The quantitative estimate of drug-likeness (QED) is 0.492. The summed E-state index contributed by atoms with van der Waals surface area (Å²) < 4.78 is 1.85. The molecule has 1 aliphatic rings. The Hall–Kier alpha value is -2.04. The molecule has 2 N–H and O–H groups in total. The van der Waals surface area contributed by atoms with Gasteiger partial charge in [0.25, 0.3) is 5.91 Å². The first-order valence-corrected chi connectivity index (χ1v) is 4.12. The standard InChI is InChI=1S/C9H9N3O2/c1-12-4-2-3-6(12)5-7-8(13)11-9(14)10-7/h2-5H,1H3,(H2,10,11,13,14)/b7-5+. The maximum absolute atomic E-state index is 11.2. The molecule has 0 radical (unpaired) electrons. The second-order valence-electron chi connectivity index (χ2n) is 3.01. The van der Waals surface area contributed by atoms with Crippen molar-refractivity contribution in [2.45, 2.75) is 0 Å². The lowest BCUT2D eigenvalue weighted by molar-refractivity contribution is -0.115. The number of nitrogens with one attached hydrogen (secondary N) is 2. The molecule has 1 aromatic rings. The van der Waals surface area contributed by atoms with Gasteiger partial charge in [-0.15, -0.1) is 0 Å². The van der Waals surface area contributed by atoms with Gasteiger partial charge in [-0.1, -0.05) is 0 Å². The number of aromatic nitrogens is 1. The molecule has 2 rings (SSSR count). The molecule has 0 aliphatic carbocycles. The zero-order chi connectivity index (χ0) is 10.1. The first kappa shape index (κ1) is 8.55. The molecule has 72 valence electrons. The van der Waals surface area contributed by atoms with Crippen molar-refractivity contribution < 1.29 is 9.59 Å². The number of carbonyl (C=O) groups is 2. The largest absolute Gasteiger partial charge is 0.351 e. The Bertz CT molecular complexity index is 431. The van der Waals surface area contributed by atoms with Crippen molar-refractivity contribution >= 4 is 18.0 Å². The van der Waals surface area contributed by atoms with E-state index in [2.05, 4.69) is 10.6 Å². The Kier molecular flexibility index (Phi) is 1.85. The fourth-order valence-corrected chi connectivity index (χ4v) is 1.25. The minimum Gasteiger partial charge on any atom is -0.351 e. The van der Waals surface area contributed by atoms with Gasteiger partial charge in [0.15, 0.2) is 0 Å². The Balaban J connectivity index is 2.32. The summed E-state index contributed by atoms with van der Waals surface area (Å²) in [5.74, 6) is -0.392. The summed E-state index contributed by atoms with van der Waals surface area (Å²) in [6, 6.07) is 3.24. The average molecular weight is 191 g/mol. The van der Waals surface area contributed by atoms with Crippen molar-refractivity contribution in [3.05, 3.63) is 29.7 Å². The maximum Gasteiger partial charge on any atom is 0.326 e. The minimum atomic E-state index is -0.476. The fourth-order valence-electron chi connectivity index (χ4n) is 1.25. The highest BCUT2D eigenvalue weighted by atomic mass is 16.2. The van der Waals surface area contributed by atoms with Crippen molar-refractivity contribution in [3.63, 3.8) is 0 Å². The second kappa shape index (κ2) is 3.02. The summed E-state index contributed by atoms with van der Waals surface area (Å²) in [7, 11) is 1.86. The monoisotopic (exact) mass is 191 g/mol. The topological polar surface area (TPSA) is 63.1 Å². The van der Waals surface area contributed by atoms with E-state index in [1.807, 2.05) is 29.9 Å². The van der Waals surface area contributed by atoms with Crippen LogP contribution in [0.3, 0.4) is 0 Å². The predicted octanol–water partition coefficient (Wildman–Crippen LogP) is 0.205. The normalized spacial score (nSPS) is 18.5. The van der Waals surface area contributed by atoms with Crippen LogP contribution in [-0.2, 0) is 11.8 Å². The molecule has 5 nitrogen and oxygen atoms in total. The van der Waals surface area contributed by atoms with Crippen LogP contribution >= 0.6 is 0 Å². The minimum absolute atomic E-state index is 0.275. The van der Waals surface area contributed by atoms with Gasteiger partial charge >= 0.3 is 6.03 Å². The lowest BCUT2D eigenvalue weighted by Gasteiger charge is -1.97. The summed E-state index contributed by atoms with van der Waals surface area (Å²) in [5, 5.41) is 4.55. The number of aryl methyl sites for hydroxylation is 1. The SMILES string of the molecule is Cn1cccc1/C=C1/NC(=O)NC1=O. The first-order valence-electron chi connectivity index (χ1n) is 4.12. The Labute approximate surface area is 80.4 Å². The molecule has 0 spiro atoms. The summed E-state index contributed by atoms with van der Waals surface area (Å²) in [4.78, 5) is 21.9. The van der Waals surface area contributed by atoms with Gasteiger partial charge in [-0.25, -0.2) is 4.79 Å². The zero-order valence-corrected chi connectivity index (χ0v) is 7.57. The third-order valence-electron chi connectivity index (χ3n) is 2.00. The van der Waals surface area contributed by atoms with Crippen LogP contribution in [0.5, 0.6) is 0 Å². The van der Waals surface area contributed by atoms with Gasteiger partial charge in [-0.05, 0) is 18.2 Å². The summed E-state index contributed by atoms with van der Waals surface area (Å²) in [6.45, 7) is 0. The first-order chi connectivity index (χ1) is 6.66. The van der Waals surface area contributed by atoms with Gasteiger partial charge in [-0.3, -0.25) is 10.1 Å². The van der Waals surface area contributed by atoms with Gasteiger partial charge in [0.05, 0.1) is 0 Å². The van der Waals surface area contributed by atoms with Crippen LogP contribution in [0.4, 0.5) is 4.79 Å². The van der Waals surface area contributed by atoms with E-state index in [-0.39, 0.29) is 5.70 Å². The Morgan fingerprint density at radius 1 is 1.36 bits per heavy atom. The van der Waals surface area contributed by atoms with Crippen molar-refractivity contribution in [1.29, 1.82) is 0 Å². The van der Waals surface area contributed by atoms with Crippen LogP contribution in [0.15, 0.2) is 24.0 Å².